The van der Waals surface area contributed by atoms with Gasteiger partial charge in [-0.1, -0.05) is 19.8 Å². The predicted octanol–water partition coefficient (Wildman–Crippen LogP) is 2.63. The molecule has 21 heavy (non-hydrogen) atoms. The van der Waals surface area contributed by atoms with Gasteiger partial charge >= 0.3 is 0 Å². The second-order valence-electron chi connectivity index (χ2n) is 6.25. The summed E-state index contributed by atoms with van der Waals surface area (Å²) >= 11 is 1.87. The van der Waals surface area contributed by atoms with Crippen LogP contribution in [0.25, 0.3) is 0 Å². The first-order chi connectivity index (χ1) is 10.3. The van der Waals surface area contributed by atoms with Gasteiger partial charge in [0.1, 0.15) is 0 Å². The highest BCUT2D eigenvalue weighted by Crippen LogP contribution is 2.29. The van der Waals surface area contributed by atoms with Crippen LogP contribution in [0.5, 0.6) is 0 Å². The van der Waals surface area contributed by atoms with E-state index in [0.29, 0.717) is 0 Å². The second kappa shape index (κ2) is 7.07. The zero-order chi connectivity index (χ0) is 14.7. The van der Waals surface area contributed by atoms with Crippen LogP contribution in [-0.4, -0.2) is 48.6 Å². The van der Waals surface area contributed by atoms with Crippen LogP contribution >= 0.6 is 11.3 Å². The Bertz CT molecular complexity index is 445. The van der Waals surface area contributed by atoms with Crippen molar-refractivity contribution in [1.29, 1.82) is 0 Å². The molecule has 118 valence electrons. The summed E-state index contributed by atoms with van der Waals surface area (Å²) in [5.74, 6) is 0. The zero-order valence-electron chi connectivity index (χ0n) is 13.4. The van der Waals surface area contributed by atoms with Crippen LogP contribution in [0.3, 0.4) is 0 Å². The van der Waals surface area contributed by atoms with Gasteiger partial charge in [-0.15, -0.1) is 11.3 Å². The third-order valence-electron chi connectivity index (χ3n) is 4.84. The SMILES string of the molecule is CCNCc1sc(N2CCN(C3CCCC3)CC2)nc1C. The molecule has 0 unspecified atom stereocenters. The number of thiazole rings is 1. The molecule has 1 aromatic rings. The molecule has 0 aromatic carbocycles. The monoisotopic (exact) mass is 308 g/mol. The highest BCUT2D eigenvalue weighted by Gasteiger charge is 2.27. The molecule has 1 aromatic heterocycles. The van der Waals surface area contributed by atoms with Gasteiger partial charge in [-0.25, -0.2) is 4.98 Å². The highest BCUT2D eigenvalue weighted by molar-refractivity contribution is 7.15. The van der Waals surface area contributed by atoms with Crippen LogP contribution in [0.1, 0.15) is 43.2 Å². The third-order valence-corrected chi connectivity index (χ3v) is 6.06. The van der Waals surface area contributed by atoms with E-state index >= 15 is 0 Å². The average Bonchev–Trinajstić information content (AvgIpc) is 3.15. The molecule has 1 N–H and O–H groups in total. The summed E-state index contributed by atoms with van der Waals surface area (Å²) in [6.45, 7) is 11.0. The minimum Gasteiger partial charge on any atom is -0.346 e. The number of hydrogen-bond acceptors (Lipinski definition) is 5. The Kier molecular flexibility index (Phi) is 5.14. The van der Waals surface area contributed by atoms with Crippen LogP contribution in [0.15, 0.2) is 0 Å². The maximum Gasteiger partial charge on any atom is 0.185 e. The number of nitrogens with one attached hydrogen (secondary N) is 1. The largest absolute Gasteiger partial charge is 0.346 e. The molecule has 1 aliphatic heterocycles. The van der Waals surface area contributed by atoms with E-state index in [1.807, 2.05) is 11.3 Å². The standard InChI is InChI=1S/C16H28N4S/c1-3-17-12-15-13(2)18-16(21-15)20-10-8-19(9-11-20)14-6-4-5-7-14/h14,17H,3-12H2,1-2H3. The number of rotatable bonds is 5. The van der Waals surface area contributed by atoms with Gasteiger partial charge in [-0.2, -0.15) is 0 Å². The molecule has 5 heteroatoms. The summed E-state index contributed by atoms with van der Waals surface area (Å²) in [5, 5.41) is 4.64. The molecule has 1 saturated heterocycles. The molecule has 0 bridgehead atoms. The maximum atomic E-state index is 4.80. The first kappa shape index (κ1) is 15.3. The van der Waals surface area contributed by atoms with Crippen molar-refractivity contribution in [3.8, 4) is 0 Å². The van der Waals surface area contributed by atoms with Crippen molar-refractivity contribution in [2.24, 2.45) is 0 Å². The Hall–Kier alpha value is -0.650. The Morgan fingerprint density at radius 3 is 2.57 bits per heavy atom. The van der Waals surface area contributed by atoms with E-state index in [0.717, 1.165) is 32.2 Å². The number of aryl methyl sites for hydroxylation is 1. The van der Waals surface area contributed by atoms with Crippen LogP contribution in [-0.2, 0) is 6.54 Å². The van der Waals surface area contributed by atoms with Crippen molar-refractivity contribution in [2.75, 3.05) is 37.6 Å². The summed E-state index contributed by atoms with van der Waals surface area (Å²) in [4.78, 5) is 11.4. The number of aromatic nitrogens is 1. The van der Waals surface area contributed by atoms with Gasteiger partial charge < -0.3 is 10.2 Å². The van der Waals surface area contributed by atoms with Crippen LogP contribution < -0.4 is 10.2 Å². The van der Waals surface area contributed by atoms with Gasteiger partial charge in [0.2, 0.25) is 0 Å². The maximum absolute atomic E-state index is 4.80. The Labute approximate surface area is 132 Å². The van der Waals surface area contributed by atoms with E-state index in [2.05, 4.69) is 29.0 Å². The fraction of sp³-hybridized carbons (Fsp3) is 0.812. The van der Waals surface area contributed by atoms with E-state index < -0.39 is 0 Å². The number of anilines is 1. The van der Waals surface area contributed by atoms with Gasteiger partial charge in [0.25, 0.3) is 0 Å². The Morgan fingerprint density at radius 2 is 1.90 bits per heavy atom. The summed E-state index contributed by atoms with van der Waals surface area (Å²) in [6, 6.07) is 0.870. The van der Waals surface area contributed by atoms with Crippen molar-refractivity contribution < 1.29 is 0 Å². The topological polar surface area (TPSA) is 31.4 Å². The zero-order valence-corrected chi connectivity index (χ0v) is 14.2. The Morgan fingerprint density at radius 1 is 1.19 bits per heavy atom. The lowest BCUT2D eigenvalue weighted by atomic mass is 10.2. The van der Waals surface area contributed by atoms with Gasteiger partial charge in [0, 0.05) is 43.6 Å². The summed E-state index contributed by atoms with van der Waals surface area (Å²) in [7, 11) is 0. The van der Waals surface area contributed by atoms with Gasteiger partial charge in [0.05, 0.1) is 5.69 Å². The first-order valence-electron chi connectivity index (χ1n) is 8.44. The van der Waals surface area contributed by atoms with Crippen molar-refractivity contribution >= 4 is 16.5 Å². The number of hydrogen-bond donors (Lipinski definition) is 1. The molecule has 0 atom stereocenters. The molecular formula is C16H28N4S. The molecule has 1 saturated carbocycles. The van der Waals surface area contributed by atoms with Crippen LogP contribution in [0.4, 0.5) is 5.13 Å². The Balaban J connectivity index is 1.56. The van der Waals surface area contributed by atoms with E-state index in [1.54, 1.807) is 0 Å². The molecule has 4 nitrogen and oxygen atoms in total. The van der Waals surface area contributed by atoms with Gasteiger partial charge in [-0.05, 0) is 26.3 Å². The molecule has 0 radical (unpaired) electrons. The van der Waals surface area contributed by atoms with Crippen molar-refractivity contribution in [3.05, 3.63) is 10.6 Å². The van der Waals surface area contributed by atoms with E-state index in [-0.39, 0.29) is 0 Å². The first-order valence-corrected chi connectivity index (χ1v) is 9.25. The molecular weight excluding hydrogens is 280 g/mol. The number of piperazine rings is 1. The van der Waals surface area contributed by atoms with Crippen molar-refractivity contribution in [2.45, 2.75) is 52.1 Å². The minimum absolute atomic E-state index is 0.870. The van der Waals surface area contributed by atoms with Gasteiger partial charge in [0.15, 0.2) is 5.13 Å². The lowest BCUT2D eigenvalue weighted by molar-refractivity contribution is 0.187. The second-order valence-corrected chi connectivity index (χ2v) is 7.31. The van der Waals surface area contributed by atoms with Crippen LogP contribution in [0, 0.1) is 6.92 Å². The average molecular weight is 308 g/mol. The minimum atomic E-state index is 0.870. The number of nitrogens with zero attached hydrogens (tertiary/aromatic N) is 3. The molecule has 2 aliphatic rings. The summed E-state index contributed by atoms with van der Waals surface area (Å²) < 4.78 is 0. The normalized spacial score (nSPS) is 21.3. The molecule has 0 spiro atoms. The fourth-order valence-electron chi connectivity index (χ4n) is 3.50. The lowest BCUT2D eigenvalue weighted by Crippen LogP contribution is -2.49. The van der Waals surface area contributed by atoms with E-state index in [9.17, 15) is 0 Å². The quantitative estimate of drug-likeness (QED) is 0.906. The third kappa shape index (κ3) is 3.58. The molecule has 3 rings (SSSR count). The van der Waals surface area contributed by atoms with Crippen molar-refractivity contribution in [1.82, 2.24) is 15.2 Å². The molecule has 2 fully saturated rings. The molecule has 1 aliphatic carbocycles. The van der Waals surface area contributed by atoms with Gasteiger partial charge in [-0.3, -0.25) is 4.90 Å². The van der Waals surface area contributed by atoms with E-state index in [1.165, 1.54) is 54.5 Å². The highest BCUT2D eigenvalue weighted by atomic mass is 32.1. The lowest BCUT2D eigenvalue weighted by Gasteiger charge is -2.37. The predicted molar refractivity (Wildman–Crippen MR) is 90.3 cm³/mol. The van der Waals surface area contributed by atoms with Crippen LogP contribution in [0.2, 0.25) is 0 Å². The van der Waals surface area contributed by atoms with Crippen molar-refractivity contribution in [3.63, 3.8) is 0 Å². The fourth-order valence-corrected chi connectivity index (χ4v) is 4.58. The molecule has 2 heterocycles. The molecule has 0 amide bonds. The summed E-state index contributed by atoms with van der Waals surface area (Å²) in [5.41, 5.74) is 1.20. The van der Waals surface area contributed by atoms with E-state index in [4.69, 9.17) is 4.98 Å². The summed E-state index contributed by atoms with van der Waals surface area (Å²) in [6.07, 6.45) is 5.71. The smallest absolute Gasteiger partial charge is 0.185 e.